The SMILES string of the molecule is COc1ncc(CN2C[C@@H](C)[C@@H](NC(=O)c3cc(C4CC4)on3)C2)cc1Br. The Balaban J connectivity index is 1.34. The lowest BCUT2D eigenvalue weighted by atomic mass is 10.1. The molecule has 1 amide bonds. The van der Waals surface area contributed by atoms with Crippen LogP contribution in [-0.4, -0.2) is 47.2 Å². The van der Waals surface area contributed by atoms with E-state index in [0.29, 0.717) is 23.4 Å². The zero-order valence-electron chi connectivity index (χ0n) is 15.4. The van der Waals surface area contributed by atoms with Crippen LogP contribution < -0.4 is 10.1 Å². The molecule has 1 saturated carbocycles. The highest BCUT2D eigenvalue weighted by Gasteiger charge is 2.33. The second kappa shape index (κ2) is 7.59. The van der Waals surface area contributed by atoms with Gasteiger partial charge in [-0.1, -0.05) is 12.1 Å². The predicted molar refractivity (Wildman–Crippen MR) is 103 cm³/mol. The average Bonchev–Trinajstić information content (AvgIpc) is 3.27. The Morgan fingerprint density at radius 3 is 2.93 bits per heavy atom. The fourth-order valence-corrected chi connectivity index (χ4v) is 4.10. The van der Waals surface area contributed by atoms with Crippen molar-refractivity contribution >= 4 is 21.8 Å². The maximum Gasteiger partial charge on any atom is 0.273 e. The minimum absolute atomic E-state index is 0.0909. The molecule has 1 N–H and O–H groups in total. The maximum atomic E-state index is 12.5. The molecule has 0 aromatic carbocycles. The smallest absolute Gasteiger partial charge is 0.273 e. The lowest BCUT2D eigenvalue weighted by Gasteiger charge is -2.17. The van der Waals surface area contributed by atoms with E-state index in [2.05, 4.69) is 43.2 Å². The summed E-state index contributed by atoms with van der Waals surface area (Å²) < 4.78 is 11.3. The van der Waals surface area contributed by atoms with Gasteiger partial charge in [-0.05, 0) is 46.3 Å². The lowest BCUT2D eigenvalue weighted by Crippen LogP contribution is -2.40. The topological polar surface area (TPSA) is 80.5 Å². The molecule has 0 spiro atoms. The van der Waals surface area contributed by atoms with Crippen LogP contribution in [0.4, 0.5) is 0 Å². The normalized spacial score (nSPS) is 22.8. The molecule has 2 aromatic rings. The number of carbonyl (C=O) groups is 1. The summed E-state index contributed by atoms with van der Waals surface area (Å²) >= 11 is 3.48. The molecule has 2 aliphatic rings. The Hall–Kier alpha value is -1.93. The van der Waals surface area contributed by atoms with Crippen molar-refractivity contribution in [1.29, 1.82) is 0 Å². The Morgan fingerprint density at radius 2 is 2.22 bits per heavy atom. The van der Waals surface area contributed by atoms with E-state index in [1.165, 1.54) is 0 Å². The summed E-state index contributed by atoms with van der Waals surface area (Å²) in [6, 6.07) is 3.90. The lowest BCUT2D eigenvalue weighted by molar-refractivity contribution is 0.0922. The number of hydrogen-bond donors (Lipinski definition) is 1. The van der Waals surface area contributed by atoms with Gasteiger partial charge in [-0.3, -0.25) is 9.69 Å². The third kappa shape index (κ3) is 4.16. The number of aromatic nitrogens is 2. The summed E-state index contributed by atoms with van der Waals surface area (Å²) in [5, 5.41) is 7.05. The first-order valence-electron chi connectivity index (χ1n) is 9.21. The number of nitrogens with one attached hydrogen (secondary N) is 1. The molecule has 0 unspecified atom stereocenters. The minimum atomic E-state index is -0.154. The van der Waals surface area contributed by atoms with Gasteiger partial charge >= 0.3 is 0 Å². The molecule has 8 heteroatoms. The fraction of sp³-hybridized carbons (Fsp3) is 0.526. The Morgan fingerprint density at radius 1 is 1.41 bits per heavy atom. The molecule has 1 aliphatic heterocycles. The van der Waals surface area contributed by atoms with Gasteiger partial charge in [-0.25, -0.2) is 4.98 Å². The van der Waals surface area contributed by atoms with E-state index < -0.39 is 0 Å². The fourth-order valence-electron chi connectivity index (χ4n) is 3.54. The molecular weight excluding hydrogens is 412 g/mol. The van der Waals surface area contributed by atoms with E-state index in [1.807, 2.05) is 12.3 Å². The number of ether oxygens (including phenoxy) is 1. The third-order valence-corrected chi connectivity index (χ3v) is 5.78. The van der Waals surface area contributed by atoms with Gasteiger partial charge in [0.1, 0.15) is 5.76 Å². The highest BCUT2D eigenvalue weighted by atomic mass is 79.9. The molecule has 2 aromatic heterocycles. The summed E-state index contributed by atoms with van der Waals surface area (Å²) in [4.78, 5) is 19.1. The maximum absolute atomic E-state index is 12.5. The Labute approximate surface area is 166 Å². The Kier molecular flexibility index (Phi) is 5.19. The van der Waals surface area contributed by atoms with Crippen molar-refractivity contribution in [2.75, 3.05) is 20.2 Å². The van der Waals surface area contributed by atoms with Gasteiger partial charge in [0, 0.05) is 43.9 Å². The van der Waals surface area contributed by atoms with E-state index in [1.54, 1.807) is 13.2 Å². The molecule has 1 saturated heterocycles. The molecule has 0 radical (unpaired) electrons. The van der Waals surface area contributed by atoms with Crippen molar-refractivity contribution in [3.63, 3.8) is 0 Å². The number of amides is 1. The number of rotatable bonds is 6. The molecule has 1 aliphatic carbocycles. The van der Waals surface area contributed by atoms with Crippen LogP contribution in [0.2, 0.25) is 0 Å². The summed E-state index contributed by atoms with van der Waals surface area (Å²) in [5.74, 6) is 2.07. The monoisotopic (exact) mass is 434 g/mol. The standard InChI is InChI=1S/C19H23BrN4O3/c1-11-8-24(9-12-5-14(20)19(26-2)21-7-12)10-16(11)22-18(25)15-6-17(27-23-15)13-3-4-13/h5-7,11,13,16H,3-4,8-10H2,1-2H3,(H,22,25)/t11-,16+/m1/s1. The zero-order chi connectivity index (χ0) is 19.0. The van der Waals surface area contributed by atoms with Gasteiger partial charge in [0.2, 0.25) is 5.88 Å². The molecule has 2 fully saturated rings. The van der Waals surface area contributed by atoms with E-state index in [-0.39, 0.29) is 11.9 Å². The quantitative estimate of drug-likeness (QED) is 0.752. The Bertz CT molecular complexity index is 836. The highest BCUT2D eigenvalue weighted by Crippen LogP contribution is 2.40. The van der Waals surface area contributed by atoms with E-state index in [0.717, 1.165) is 48.3 Å². The van der Waals surface area contributed by atoms with Crippen LogP contribution in [0.5, 0.6) is 5.88 Å². The third-order valence-electron chi connectivity index (χ3n) is 5.21. The van der Waals surface area contributed by atoms with E-state index in [4.69, 9.17) is 9.26 Å². The minimum Gasteiger partial charge on any atom is -0.480 e. The summed E-state index contributed by atoms with van der Waals surface area (Å²) in [6.45, 7) is 4.65. The summed E-state index contributed by atoms with van der Waals surface area (Å²) in [5.41, 5.74) is 1.48. The first kappa shape index (κ1) is 18.4. The van der Waals surface area contributed by atoms with Crippen LogP contribution in [-0.2, 0) is 6.54 Å². The average molecular weight is 435 g/mol. The van der Waals surface area contributed by atoms with Gasteiger partial charge in [-0.15, -0.1) is 0 Å². The van der Waals surface area contributed by atoms with Crippen molar-refractivity contribution in [3.8, 4) is 5.88 Å². The second-order valence-electron chi connectivity index (χ2n) is 7.47. The van der Waals surface area contributed by atoms with Crippen molar-refractivity contribution in [1.82, 2.24) is 20.4 Å². The van der Waals surface area contributed by atoms with Gasteiger partial charge < -0.3 is 14.6 Å². The van der Waals surface area contributed by atoms with Crippen LogP contribution in [0, 0.1) is 5.92 Å². The number of methoxy groups -OCH3 is 1. The number of pyridine rings is 1. The molecule has 144 valence electrons. The summed E-state index contributed by atoms with van der Waals surface area (Å²) in [7, 11) is 1.60. The highest BCUT2D eigenvalue weighted by molar-refractivity contribution is 9.10. The van der Waals surface area contributed by atoms with E-state index >= 15 is 0 Å². The number of hydrogen-bond acceptors (Lipinski definition) is 6. The van der Waals surface area contributed by atoms with Crippen molar-refractivity contribution < 1.29 is 14.1 Å². The first-order chi connectivity index (χ1) is 13.0. The van der Waals surface area contributed by atoms with Gasteiger partial charge in [0.05, 0.1) is 11.6 Å². The molecule has 3 heterocycles. The number of nitrogens with zero attached hydrogens (tertiary/aromatic N) is 3. The summed E-state index contributed by atoms with van der Waals surface area (Å²) in [6.07, 6.45) is 4.08. The van der Waals surface area contributed by atoms with Gasteiger partial charge in [0.25, 0.3) is 5.91 Å². The van der Waals surface area contributed by atoms with Crippen LogP contribution >= 0.6 is 15.9 Å². The predicted octanol–water partition coefficient (Wildman–Crippen LogP) is 2.97. The van der Waals surface area contributed by atoms with Crippen LogP contribution in [0.15, 0.2) is 27.3 Å². The number of likely N-dealkylation sites (tertiary alicyclic amines) is 1. The molecule has 7 nitrogen and oxygen atoms in total. The zero-order valence-corrected chi connectivity index (χ0v) is 17.0. The largest absolute Gasteiger partial charge is 0.480 e. The number of halogens is 1. The van der Waals surface area contributed by atoms with Crippen molar-refractivity contribution in [2.24, 2.45) is 5.92 Å². The molecule has 0 bridgehead atoms. The van der Waals surface area contributed by atoms with Crippen LogP contribution in [0.25, 0.3) is 0 Å². The van der Waals surface area contributed by atoms with Gasteiger partial charge in [-0.2, -0.15) is 0 Å². The van der Waals surface area contributed by atoms with E-state index in [9.17, 15) is 4.79 Å². The van der Waals surface area contributed by atoms with Crippen LogP contribution in [0.3, 0.4) is 0 Å². The molecule has 27 heavy (non-hydrogen) atoms. The van der Waals surface area contributed by atoms with Crippen molar-refractivity contribution in [2.45, 2.75) is 38.3 Å². The number of carbonyl (C=O) groups excluding carboxylic acids is 1. The molecule has 4 rings (SSSR count). The van der Waals surface area contributed by atoms with Gasteiger partial charge in [0.15, 0.2) is 5.69 Å². The van der Waals surface area contributed by atoms with Crippen LogP contribution in [0.1, 0.15) is 47.5 Å². The molecular formula is C19H23BrN4O3. The van der Waals surface area contributed by atoms with Crippen molar-refractivity contribution in [3.05, 3.63) is 39.8 Å². The first-order valence-corrected chi connectivity index (χ1v) is 10.0. The molecule has 2 atom stereocenters. The second-order valence-corrected chi connectivity index (χ2v) is 8.33.